The number of hydrogen-bond donors (Lipinski definition) is 2. The maximum Gasteiger partial charge on any atom is 0.325 e. The Bertz CT molecular complexity index is 1110. The highest BCUT2D eigenvalue weighted by Gasteiger charge is 2.32. The normalized spacial score (nSPS) is 15.4. The number of nitriles is 1. The van der Waals surface area contributed by atoms with Crippen LogP contribution in [0, 0.1) is 11.3 Å². The first-order valence-corrected chi connectivity index (χ1v) is 10.1. The van der Waals surface area contributed by atoms with Gasteiger partial charge in [-0.1, -0.05) is 12.1 Å². The molecule has 0 aliphatic carbocycles. The number of hydrogen-bond acceptors (Lipinski definition) is 6. The van der Waals surface area contributed by atoms with Gasteiger partial charge in [0.05, 0.1) is 12.8 Å². The lowest BCUT2D eigenvalue weighted by Crippen LogP contribution is -2.49. The molecule has 8 heteroatoms. The number of carboxylic acid groups (broad SMARTS) is 1. The topological polar surface area (TPSA) is 102 Å². The highest BCUT2D eigenvalue weighted by molar-refractivity contribution is 5.90. The average Bonchev–Trinajstić information content (AvgIpc) is 3.21. The van der Waals surface area contributed by atoms with Crippen LogP contribution in [0.3, 0.4) is 0 Å². The number of nitrogens with zero attached hydrogens (tertiary/aromatic N) is 3. The Hall–Kier alpha value is -3.70. The smallest absolute Gasteiger partial charge is 0.325 e. The molecule has 0 bridgehead atoms. The second-order valence-corrected chi connectivity index (χ2v) is 7.33. The van der Waals surface area contributed by atoms with E-state index in [9.17, 15) is 9.90 Å². The summed E-state index contributed by atoms with van der Waals surface area (Å²) in [6.45, 7) is 2.54. The number of fused-ring (bicyclic) bond motifs is 1. The van der Waals surface area contributed by atoms with E-state index >= 15 is 0 Å². The van der Waals surface area contributed by atoms with Crippen LogP contribution in [0.25, 0.3) is 10.9 Å². The zero-order valence-electron chi connectivity index (χ0n) is 17.2. The summed E-state index contributed by atoms with van der Waals surface area (Å²) in [4.78, 5) is 19.6. The van der Waals surface area contributed by atoms with E-state index in [0.717, 1.165) is 22.3 Å². The Morgan fingerprint density at radius 3 is 2.71 bits per heavy atom. The second-order valence-electron chi connectivity index (χ2n) is 7.33. The molecule has 4 rings (SSSR count). The number of anilines is 1. The molecule has 2 heterocycles. The molecule has 1 aromatic heterocycles. The van der Waals surface area contributed by atoms with Crippen molar-refractivity contribution in [1.82, 2.24) is 9.88 Å². The number of aromatic nitrogens is 1. The van der Waals surface area contributed by atoms with Gasteiger partial charge in [-0.25, -0.2) is 0 Å². The lowest BCUT2D eigenvalue weighted by Gasteiger charge is -2.39. The number of rotatable bonds is 7. The number of ether oxygens (including phenoxy) is 2. The summed E-state index contributed by atoms with van der Waals surface area (Å²) in [6, 6.07) is 14.4. The Balaban J connectivity index is 1.57. The van der Waals surface area contributed by atoms with Gasteiger partial charge in [0.2, 0.25) is 0 Å². The Morgan fingerprint density at radius 1 is 1.23 bits per heavy atom. The molecule has 2 aromatic carbocycles. The van der Waals surface area contributed by atoms with E-state index in [2.05, 4.69) is 9.88 Å². The highest BCUT2D eigenvalue weighted by Crippen LogP contribution is 2.33. The maximum absolute atomic E-state index is 12.3. The zero-order valence-corrected chi connectivity index (χ0v) is 17.2. The molecule has 1 atom stereocenters. The van der Waals surface area contributed by atoms with Gasteiger partial charge in [0.1, 0.15) is 23.6 Å². The molecule has 1 aliphatic heterocycles. The van der Waals surface area contributed by atoms with Gasteiger partial charge in [-0.15, -0.1) is 0 Å². The first kappa shape index (κ1) is 20.6. The van der Waals surface area contributed by atoms with Crippen molar-refractivity contribution in [3.05, 3.63) is 54.2 Å². The SMILES string of the molecule is COc1ccccc1N1CCN(C(C(=O)O)c2c[nH]c3ccc(OCC#N)cc23)CC1. The summed E-state index contributed by atoms with van der Waals surface area (Å²) >= 11 is 0. The number of methoxy groups -OCH3 is 1. The van der Waals surface area contributed by atoms with Crippen LogP contribution in [0.15, 0.2) is 48.7 Å². The molecule has 1 fully saturated rings. The van der Waals surface area contributed by atoms with E-state index in [1.54, 1.807) is 25.4 Å². The van der Waals surface area contributed by atoms with E-state index in [1.807, 2.05) is 41.3 Å². The van der Waals surface area contributed by atoms with Crippen molar-refractivity contribution < 1.29 is 19.4 Å². The molecular formula is C23H24N4O4. The van der Waals surface area contributed by atoms with Crippen LogP contribution in [0.2, 0.25) is 0 Å². The summed E-state index contributed by atoms with van der Waals surface area (Å²) in [6.07, 6.45) is 1.75. The predicted octanol–water partition coefficient (Wildman–Crippen LogP) is 3.03. The van der Waals surface area contributed by atoms with Crippen molar-refractivity contribution in [3.63, 3.8) is 0 Å². The van der Waals surface area contributed by atoms with Gasteiger partial charge in [-0.05, 0) is 30.3 Å². The maximum atomic E-state index is 12.3. The standard InChI is InChI=1S/C23H24N4O4/c1-30-21-5-3-2-4-20(21)26-9-11-27(12-10-26)22(23(28)29)18-15-25-19-7-6-16(14-17(18)19)31-13-8-24/h2-7,14-15,22,25H,9-13H2,1H3,(H,28,29). The minimum Gasteiger partial charge on any atom is -0.495 e. The summed E-state index contributed by atoms with van der Waals surface area (Å²) in [5.41, 5.74) is 2.54. The van der Waals surface area contributed by atoms with Crippen LogP contribution in [-0.4, -0.2) is 60.9 Å². The molecule has 1 unspecified atom stereocenters. The largest absolute Gasteiger partial charge is 0.495 e. The molecule has 0 saturated carbocycles. The molecule has 8 nitrogen and oxygen atoms in total. The predicted molar refractivity (Wildman–Crippen MR) is 117 cm³/mol. The number of H-pyrrole nitrogens is 1. The van der Waals surface area contributed by atoms with Gasteiger partial charge in [0.25, 0.3) is 0 Å². The Kier molecular flexibility index (Phi) is 5.96. The van der Waals surface area contributed by atoms with Crippen LogP contribution in [-0.2, 0) is 4.79 Å². The van der Waals surface area contributed by atoms with Crippen LogP contribution in [0.4, 0.5) is 5.69 Å². The molecular weight excluding hydrogens is 396 g/mol. The third kappa shape index (κ3) is 4.13. The Labute approximate surface area is 180 Å². The molecule has 1 aliphatic rings. The quantitative estimate of drug-likeness (QED) is 0.606. The summed E-state index contributed by atoms with van der Waals surface area (Å²) in [5.74, 6) is 0.460. The van der Waals surface area contributed by atoms with E-state index in [0.29, 0.717) is 37.5 Å². The van der Waals surface area contributed by atoms with Crippen molar-refractivity contribution >= 4 is 22.6 Å². The first-order valence-electron chi connectivity index (χ1n) is 10.1. The van der Waals surface area contributed by atoms with Gasteiger partial charge < -0.3 is 24.5 Å². The minimum atomic E-state index is -0.894. The molecule has 2 N–H and O–H groups in total. The fourth-order valence-electron chi connectivity index (χ4n) is 4.15. The number of aliphatic carboxylic acids is 1. The average molecular weight is 420 g/mol. The monoisotopic (exact) mass is 420 g/mol. The lowest BCUT2D eigenvalue weighted by atomic mass is 10.0. The zero-order chi connectivity index (χ0) is 21.8. The van der Waals surface area contributed by atoms with Crippen molar-refractivity contribution in [2.24, 2.45) is 0 Å². The van der Waals surface area contributed by atoms with E-state index < -0.39 is 12.0 Å². The van der Waals surface area contributed by atoms with Crippen molar-refractivity contribution in [2.45, 2.75) is 6.04 Å². The van der Waals surface area contributed by atoms with E-state index in [4.69, 9.17) is 14.7 Å². The van der Waals surface area contributed by atoms with Gasteiger partial charge in [0.15, 0.2) is 6.61 Å². The number of aromatic amines is 1. The van der Waals surface area contributed by atoms with E-state index in [-0.39, 0.29) is 6.61 Å². The first-order chi connectivity index (χ1) is 15.1. The highest BCUT2D eigenvalue weighted by atomic mass is 16.5. The number of benzene rings is 2. The number of carbonyl (C=O) groups is 1. The van der Waals surface area contributed by atoms with Crippen LogP contribution in [0.5, 0.6) is 11.5 Å². The molecule has 0 radical (unpaired) electrons. The van der Waals surface area contributed by atoms with Gasteiger partial charge in [-0.2, -0.15) is 5.26 Å². The summed E-state index contributed by atoms with van der Waals surface area (Å²) < 4.78 is 10.9. The molecule has 160 valence electrons. The fourth-order valence-corrected chi connectivity index (χ4v) is 4.15. The second kappa shape index (κ2) is 8.98. The summed E-state index contributed by atoms with van der Waals surface area (Å²) in [7, 11) is 1.65. The molecule has 3 aromatic rings. The van der Waals surface area contributed by atoms with Crippen LogP contribution in [0.1, 0.15) is 11.6 Å². The lowest BCUT2D eigenvalue weighted by molar-refractivity contribution is -0.143. The number of piperazine rings is 1. The summed E-state index contributed by atoms with van der Waals surface area (Å²) in [5, 5.41) is 19.6. The molecule has 1 saturated heterocycles. The number of para-hydroxylation sites is 2. The van der Waals surface area contributed by atoms with Crippen LogP contribution < -0.4 is 14.4 Å². The third-order valence-corrected chi connectivity index (χ3v) is 5.62. The van der Waals surface area contributed by atoms with Gasteiger partial charge in [-0.3, -0.25) is 9.69 Å². The molecule has 31 heavy (non-hydrogen) atoms. The fraction of sp³-hybridized carbons (Fsp3) is 0.304. The molecule has 0 spiro atoms. The van der Waals surface area contributed by atoms with Crippen LogP contribution >= 0.6 is 0 Å². The number of nitrogens with one attached hydrogen (secondary N) is 1. The van der Waals surface area contributed by atoms with Crippen molar-refractivity contribution in [1.29, 1.82) is 5.26 Å². The third-order valence-electron chi connectivity index (χ3n) is 5.62. The van der Waals surface area contributed by atoms with Gasteiger partial charge in [0, 0.05) is 48.8 Å². The van der Waals surface area contributed by atoms with Gasteiger partial charge >= 0.3 is 5.97 Å². The van der Waals surface area contributed by atoms with Crippen molar-refractivity contribution in [2.75, 3.05) is 44.8 Å². The Morgan fingerprint density at radius 2 is 2.00 bits per heavy atom. The minimum absolute atomic E-state index is 0.0570. The van der Waals surface area contributed by atoms with E-state index in [1.165, 1.54) is 0 Å². The molecule has 0 amide bonds. The number of carboxylic acids is 1. The van der Waals surface area contributed by atoms with Crippen molar-refractivity contribution in [3.8, 4) is 17.6 Å².